The van der Waals surface area contributed by atoms with E-state index in [1.54, 1.807) is 24.4 Å². The highest BCUT2D eigenvalue weighted by Gasteiger charge is 2.21. The van der Waals surface area contributed by atoms with E-state index in [0.717, 1.165) is 5.56 Å². The van der Waals surface area contributed by atoms with Gasteiger partial charge in [-0.2, -0.15) is 0 Å². The number of amides is 1. The number of benzene rings is 1. The Morgan fingerprint density at radius 3 is 2.62 bits per heavy atom. The summed E-state index contributed by atoms with van der Waals surface area (Å²) in [6, 6.07) is 7.59. The first-order valence-corrected chi connectivity index (χ1v) is 7.17. The summed E-state index contributed by atoms with van der Waals surface area (Å²) in [6.07, 6.45) is -1.02. The molecular weight excluding hydrogens is 293 g/mol. The molecule has 0 unspecified atom stereocenters. The van der Waals surface area contributed by atoms with Crippen molar-refractivity contribution in [1.82, 2.24) is 0 Å². The average molecular weight is 307 g/mol. The van der Waals surface area contributed by atoms with Crippen LogP contribution in [-0.2, 0) is 9.53 Å². The van der Waals surface area contributed by atoms with Crippen LogP contribution in [0.25, 0.3) is 0 Å². The predicted octanol–water partition coefficient (Wildman–Crippen LogP) is 3.38. The van der Waals surface area contributed by atoms with Gasteiger partial charge in [0.25, 0.3) is 5.91 Å². The van der Waals surface area contributed by atoms with Crippen molar-refractivity contribution in [2.24, 2.45) is 0 Å². The molecule has 0 spiro atoms. The fourth-order valence-corrected chi connectivity index (χ4v) is 2.45. The largest absolute Gasteiger partial charge is 0.448 e. The van der Waals surface area contributed by atoms with Crippen molar-refractivity contribution in [2.75, 3.05) is 5.32 Å². The molecule has 1 heterocycles. The van der Waals surface area contributed by atoms with Gasteiger partial charge in [-0.3, -0.25) is 4.79 Å². The van der Waals surface area contributed by atoms with E-state index in [9.17, 15) is 14.0 Å². The summed E-state index contributed by atoms with van der Waals surface area (Å²) < 4.78 is 18.5. The van der Waals surface area contributed by atoms with E-state index in [1.807, 2.05) is 0 Å². The number of aryl methyl sites for hydroxylation is 1. The van der Waals surface area contributed by atoms with Crippen LogP contribution in [0.4, 0.5) is 10.1 Å². The fourth-order valence-electron chi connectivity index (χ4n) is 1.65. The van der Waals surface area contributed by atoms with Gasteiger partial charge in [-0.15, -0.1) is 11.3 Å². The summed E-state index contributed by atoms with van der Waals surface area (Å²) in [6.45, 7) is 3.23. The smallest absolute Gasteiger partial charge is 0.349 e. The van der Waals surface area contributed by atoms with Gasteiger partial charge < -0.3 is 10.1 Å². The van der Waals surface area contributed by atoms with Gasteiger partial charge in [0.05, 0.1) is 5.69 Å². The average Bonchev–Trinajstić information content (AvgIpc) is 2.87. The van der Waals surface area contributed by atoms with E-state index in [0.29, 0.717) is 4.88 Å². The van der Waals surface area contributed by atoms with E-state index < -0.39 is 23.8 Å². The molecular formula is C15H14FNO3S. The van der Waals surface area contributed by atoms with Crippen LogP contribution in [-0.4, -0.2) is 18.0 Å². The molecule has 0 radical (unpaired) electrons. The van der Waals surface area contributed by atoms with Crippen molar-refractivity contribution >= 4 is 28.9 Å². The molecule has 0 fully saturated rings. The lowest BCUT2D eigenvalue weighted by Crippen LogP contribution is -2.30. The molecule has 6 heteroatoms. The molecule has 4 nitrogen and oxygen atoms in total. The van der Waals surface area contributed by atoms with Crippen molar-refractivity contribution in [3.8, 4) is 0 Å². The van der Waals surface area contributed by atoms with Crippen LogP contribution in [0.3, 0.4) is 0 Å². The van der Waals surface area contributed by atoms with Gasteiger partial charge >= 0.3 is 5.97 Å². The Morgan fingerprint density at radius 1 is 1.29 bits per heavy atom. The van der Waals surface area contributed by atoms with Crippen LogP contribution in [0.1, 0.15) is 22.2 Å². The number of hydrogen-bond acceptors (Lipinski definition) is 4. The number of nitrogens with one attached hydrogen (secondary N) is 1. The highest BCUT2D eigenvalue weighted by Crippen LogP contribution is 2.18. The minimum absolute atomic E-state index is 0.0534. The van der Waals surface area contributed by atoms with E-state index in [1.165, 1.54) is 36.5 Å². The maximum atomic E-state index is 13.4. The summed E-state index contributed by atoms with van der Waals surface area (Å²) in [5.74, 6) is -1.68. The molecule has 1 aromatic carbocycles. The van der Waals surface area contributed by atoms with Gasteiger partial charge in [-0.25, -0.2) is 9.18 Å². The lowest BCUT2D eigenvalue weighted by molar-refractivity contribution is -0.123. The van der Waals surface area contributed by atoms with Gasteiger partial charge in [-0.1, -0.05) is 12.1 Å². The second-order valence-corrected chi connectivity index (χ2v) is 5.37. The lowest BCUT2D eigenvalue weighted by Gasteiger charge is -2.13. The summed E-state index contributed by atoms with van der Waals surface area (Å²) >= 11 is 1.25. The first kappa shape index (κ1) is 15.2. The molecule has 0 aliphatic rings. The van der Waals surface area contributed by atoms with Crippen molar-refractivity contribution in [2.45, 2.75) is 20.0 Å². The van der Waals surface area contributed by atoms with Crippen molar-refractivity contribution in [3.05, 3.63) is 52.0 Å². The minimum atomic E-state index is -1.02. The lowest BCUT2D eigenvalue weighted by atomic mass is 10.2. The van der Waals surface area contributed by atoms with Gasteiger partial charge in [0.1, 0.15) is 10.7 Å². The maximum Gasteiger partial charge on any atom is 0.349 e. The maximum absolute atomic E-state index is 13.4. The molecule has 1 atom stereocenters. The Labute approximate surface area is 125 Å². The molecule has 2 rings (SSSR count). The molecule has 1 aromatic heterocycles. The first-order chi connectivity index (χ1) is 9.99. The van der Waals surface area contributed by atoms with E-state index in [4.69, 9.17) is 4.74 Å². The molecule has 2 aromatic rings. The number of thiophene rings is 1. The van der Waals surface area contributed by atoms with Gasteiger partial charge in [0.2, 0.25) is 0 Å². The van der Waals surface area contributed by atoms with Crippen molar-refractivity contribution in [1.29, 1.82) is 0 Å². The predicted molar refractivity (Wildman–Crippen MR) is 79.0 cm³/mol. The Hall–Kier alpha value is -2.21. The highest BCUT2D eigenvalue weighted by atomic mass is 32.1. The van der Waals surface area contributed by atoms with Crippen LogP contribution in [0.2, 0.25) is 0 Å². The monoisotopic (exact) mass is 307 g/mol. The highest BCUT2D eigenvalue weighted by molar-refractivity contribution is 7.12. The summed E-state index contributed by atoms with van der Waals surface area (Å²) in [7, 11) is 0. The van der Waals surface area contributed by atoms with Crippen molar-refractivity contribution in [3.63, 3.8) is 0 Å². The third-order valence-electron chi connectivity index (χ3n) is 2.83. The van der Waals surface area contributed by atoms with E-state index in [2.05, 4.69) is 5.32 Å². The molecule has 21 heavy (non-hydrogen) atoms. The fraction of sp³-hybridized carbons (Fsp3) is 0.200. The molecule has 0 aliphatic heterocycles. The number of carbonyl (C=O) groups excluding carboxylic acids is 2. The molecule has 0 saturated heterocycles. The van der Waals surface area contributed by atoms with Gasteiger partial charge in [0, 0.05) is 0 Å². The third kappa shape index (κ3) is 3.66. The second-order valence-electron chi connectivity index (χ2n) is 4.45. The van der Waals surface area contributed by atoms with Crippen molar-refractivity contribution < 1.29 is 18.7 Å². The third-order valence-corrected chi connectivity index (χ3v) is 3.83. The molecule has 0 aliphatic carbocycles. The number of hydrogen-bond donors (Lipinski definition) is 1. The Kier molecular flexibility index (Phi) is 4.70. The zero-order chi connectivity index (χ0) is 15.4. The zero-order valence-electron chi connectivity index (χ0n) is 11.6. The van der Waals surface area contributed by atoms with E-state index in [-0.39, 0.29) is 5.69 Å². The standard InChI is InChI=1S/C15H14FNO3S/c1-9-7-8-21-13(9)15(19)20-10(2)14(18)17-12-6-4-3-5-11(12)16/h3-8,10H,1-2H3,(H,17,18)/t10-/m0/s1. The molecule has 0 saturated carbocycles. The van der Waals surface area contributed by atoms with E-state index >= 15 is 0 Å². The topological polar surface area (TPSA) is 55.4 Å². The molecule has 1 amide bonds. The van der Waals surface area contributed by atoms with Crippen LogP contribution in [0.15, 0.2) is 35.7 Å². The summed E-state index contributed by atoms with van der Waals surface area (Å²) in [4.78, 5) is 24.3. The Bertz CT molecular complexity index is 668. The summed E-state index contributed by atoms with van der Waals surface area (Å²) in [5, 5.41) is 4.16. The number of anilines is 1. The van der Waals surface area contributed by atoms with Gasteiger partial charge in [-0.05, 0) is 43.0 Å². The Morgan fingerprint density at radius 2 is 2.00 bits per heavy atom. The number of para-hydroxylation sites is 1. The summed E-state index contributed by atoms with van der Waals surface area (Å²) in [5.41, 5.74) is 0.851. The number of carbonyl (C=O) groups is 2. The van der Waals surface area contributed by atoms with Gasteiger partial charge in [0.15, 0.2) is 6.10 Å². The minimum Gasteiger partial charge on any atom is -0.448 e. The second kappa shape index (κ2) is 6.49. The molecule has 0 bridgehead atoms. The Balaban J connectivity index is 1.99. The number of halogens is 1. The van der Waals surface area contributed by atoms with Crippen LogP contribution in [0.5, 0.6) is 0 Å². The van der Waals surface area contributed by atoms with Crippen LogP contribution >= 0.6 is 11.3 Å². The number of rotatable bonds is 4. The first-order valence-electron chi connectivity index (χ1n) is 6.29. The molecule has 110 valence electrons. The SMILES string of the molecule is Cc1ccsc1C(=O)O[C@@H](C)C(=O)Nc1ccccc1F. The number of esters is 1. The van der Waals surface area contributed by atoms with Crippen LogP contribution in [0, 0.1) is 12.7 Å². The normalized spacial score (nSPS) is 11.8. The quantitative estimate of drug-likeness (QED) is 0.881. The van der Waals surface area contributed by atoms with Crippen LogP contribution < -0.4 is 5.32 Å². The zero-order valence-corrected chi connectivity index (χ0v) is 12.4. The number of ether oxygens (including phenoxy) is 1. The molecule has 1 N–H and O–H groups in total.